The van der Waals surface area contributed by atoms with E-state index >= 15 is 0 Å². The van der Waals surface area contributed by atoms with Gasteiger partial charge in [0, 0.05) is 15.0 Å². The second kappa shape index (κ2) is 4.62. The molecular formula is C11H7Br2NO3. The zero-order valence-electron chi connectivity index (χ0n) is 8.70. The van der Waals surface area contributed by atoms with Gasteiger partial charge in [0.15, 0.2) is 5.69 Å². The number of halogens is 2. The normalized spacial score (nSPS) is 10.5. The Kier molecular flexibility index (Phi) is 3.35. The molecule has 1 N–H and O–H groups in total. The maximum Gasteiger partial charge on any atom is 0.354 e. The summed E-state index contributed by atoms with van der Waals surface area (Å²) in [7, 11) is 1.49. The van der Waals surface area contributed by atoms with E-state index in [9.17, 15) is 4.79 Å². The van der Waals surface area contributed by atoms with Crippen LogP contribution in [-0.2, 0) is 0 Å². The van der Waals surface area contributed by atoms with Gasteiger partial charge in [-0.15, -0.1) is 0 Å². The molecule has 4 nitrogen and oxygen atoms in total. The van der Waals surface area contributed by atoms with Crippen LogP contribution in [0.4, 0.5) is 0 Å². The van der Waals surface area contributed by atoms with Gasteiger partial charge in [-0.1, -0.05) is 0 Å². The molecule has 2 aromatic rings. The molecule has 2 rings (SSSR count). The summed E-state index contributed by atoms with van der Waals surface area (Å²) in [4.78, 5) is 15.1. The summed E-state index contributed by atoms with van der Waals surface area (Å²) in [6, 6.07) is 5.05. The molecule has 0 saturated carbocycles. The number of carboxylic acid groups (broad SMARTS) is 1. The predicted octanol–water partition coefficient (Wildman–Crippen LogP) is 3.47. The SMILES string of the molecule is COc1cc(C(=O)O)nc2c(Br)ccc(Br)c12. The minimum atomic E-state index is -1.09. The molecule has 0 fully saturated rings. The Hall–Kier alpha value is -1.14. The van der Waals surface area contributed by atoms with E-state index in [4.69, 9.17) is 9.84 Å². The summed E-state index contributed by atoms with van der Waals surface area (Å²) in [6.07, 6.45) is 0. The van der Waals surface area contributed by atoms with E-state index in [-0.39, 0.29) is 5.69 Å². The monoisotopic (exact) mass is 359 g/mol. The molecule has 0 unspecified atom stereocenters. The first-order valence-corrected chi connectivity index (χ1v) is 6.19. The molecule has 0 aliphatic rings. The van der Waals surface area contributed by atoms with Crippen LogP contribution >= 0.6 is 31.9 Å². The summed E-state index contributed by atoms with van der Waals surface area (Å²) in [5.41, 5.74) is 0.504. The van der Waals surface area contributed by atoms with Crippen molar-refractivity contribution in [2.75, 3.05) is 7.11 Å². The Balaban J connectivity index is 2.91. The maximum atomic E-state index is 11.0. The van der Waals surface area contributed by atoms with Gasteiger partial charge in [-0.3, -0.25) is 0 Å². The Morgan fingerprint density at radius 3 is 2.59 bits per heavy atom. The van der Waals surface area contributed by atoms with Crippen molar-refractivity contribution in [3.05, 3.63) is 32.8 Å². The molecule has 0 amide bonds. The molecule has 1 aromatic heterocycles. The molecule has 1 aromatic carbocycles. The van der Waals surface area contributed by atoms with Crippen molar-refractivity contribution in [1.82, 2.24) is 4.98 Å². The Morgan fingerprint density at radius 2 is 2.00 bits per heavy atom. The van der Waals surface area contributed by atoms with Gasteiger partial charge >= 0.3 is 5.97 Å². The molecule has 0 aliphatic heterocycles. The lowest BCUT2D eigenvalue weighted by atomic mass is 10.2. The van der Waals surface area contributed by atoms with Crippen LogP contribution in [0.5, 0.6) is 5.75 Å². The van der Waals surface area contributed by atoms with E-state index in [0.29, 0.717) is 11.3 Å². The van der Waals surface area contributed by atoms with Crippen molar-refractivity contribution in [1.29, 1.82) is 0 Å². The number of fused-ring (bicyclic) bond motifs is 1. The molecule has 0 aliphatic carbocycles. The van der Waals surface area contributed by atoms with Crippen LogP contribution < -0.4 is 4.74 Å². The summed E-state index contributed by atoms with van der Waals surface area (Å²) in [5.74, 6) is -0.613. The third-order valence-electron chi connectivity index (χ3n) is 2.26. The topological polar surface area (TPSA) is 59.4 Å². The second-order valence-corrected chi connectivity index (χ2v) is 4.98. The molecule has 17 heavy (non-hydrogen) atoms. The third-order valence-corrected chi connectivity index (χ3v) is 3.56. The zero-order valence-corrected chi connectivity index (χ0v) is 11.9. The largest absolute Gasteiger partial charge is 0.496 e. The van der Waals surface area contributed by atoms with Crippen LogP contribution in [0, 0.1) is 0 Å². The van der Waals surface area contributed by atoms with Gasteiger partial charge < -0.3 is 9.84 Å². The number of carbonyl (C=O) groups is 1. The molecule has 6 heteroatoms. The average Bonchev–Trinajstić information content (AvgIpc) is 2.32. The van der Waals surface area contributed by atoms with Crippen LogP contribution in [0.2, 0.25) is 0 Å². The number of methoxy groups -OCH3 is 1. The van der Waals surface area contributed by atoms with Crippen molar-refractivity contribution in [3.8, 4) is 5.75 Å². The van der Waals surface area contributed by atoms with Gasteiger partial charge in [0.2, 0.25) is 0 Å². The van der Waals surface area contributed by atoms with Crippen LogP contribution in [0.1, 0.15) is 10.5 Å². The molecule has 0 saturated heterocycles. The van der Waals surface area contributed by atoms with Crippen LogP contribution in [0.25, 0.3) is 10.9 Å². The number of aromatic nitrogens is 1. The predicted molar refractivity (Wildman–Crippen MR) is 70.7 cm³/mol. The number of benzene rings is 1. The summed E-state index contributed by atoms with van der Waals surface area (Å²) in [5, 5.41) is 9.72. The van der Waals surface area contributed by atoms with Crippen molar-refractivity contribution >= 4 is 48.7 Å². The van der Waals surface area contributed by atoms with Crippen LogP contribution in [0.3, 0.4) is 0 Å². The average molecular weight is 361 g/mol. The number of ether oxygens (including phenoxy) is 1. The van der Waals surface area contributed by atoms with E-state index < -0.39 is 5.97 Å². The number of carboxylic acids is 1. The van der Waals surface area contributed by atoms with Crippen molar-refractivity contribution in [2.24, 2.45) is 0 Å². The second-order valence-electron chi connectivity index (χ2n) is 3.27. The minimum absolute atomic E-state index is 0.0480. The Labute approximate surface area is 114 Å². The molecule has 0 spiro atoms. The van der Waals surface area contributed by atoms with E-state index in [1.807, 2.05) is 6.07 Å². The lowest BCUT2D eigenvalue weighted by Crippen LogP contribution is -2.02. The molecule has 0 bridgehead atoms. The fraction of sp³-hybridized carbons (Fsp3) is 0.0909. The van der Waals surface area contributed by atoms with Gasteiger partial charge in [0.1, 0.15) is 5.75 Å². The van der Waals surface area contributed by atoms with E-state index in [1.54, 1.807) is 6.07 Å². The maximum absolute atomic E-state index is 11.0. The highest BCUT2D eigenvalue weighted by atomic mass is 79.9. The Bertz CT molecular complexity index is 613. The third kappa shape index (κ3) is 2.14. The summed E-state index contributed by atoms with van der Waals surface area (Å²) in [6.45, 7) is 0. The van der Waals surface area contributed by atoms with Gasteiger partial charge in [-0.25, -0.2) is 9.78 Å². The number of pyridine rings is 1. The van der Waals surface area contributed by atoms with Crippen molar-refractivity contribution < 1.29 is 14.6 Å². The standard InChI is InChI=1S/C11H7Br2NO3/c1-17-8-4-7(11(15)16)14-10-6(13)3-2-5(12)9(8)10/h2-4H,1H3,(H,15,16). The molecule has 88 valence electrons. The number of rotatable bonds is 2. The number of aromatic carboxylic acids is 1. The Morgan fingerprint density at radius 1 is 1.35 bits per heavy atom. The highest BCUT2D eigenvalue weighted by Gasteiger charge is 2.15. The number of hydrogen-bond donors (Lipinski definition) is 1. The lowest BCUT2D eigenvalue weighted by molar-refractivity contribution is 0.0690. The summed E-state index contributed by atoms with van der Waals surface area (Å²) >= 11 is 6.74. The van der Waals surface area contributed by atoms with Crippen LogP contribution in [-0.4, -0.2) is 23.2 Å². The first-order chi connectivity index (χ1) is 8.04. The highest BCUT2D eigenvalue weighted by Crippen LogP contribution is 2.35. The zero-order chi connectivity index (χ0) is 12.6. The fourth-order valence-electron chi connectivity index (χ4n) is 1.50. The molecule has 0 atom stereocenters. The first-order valence-electron chi connectivity index (χ1n) is 4.60. The molecule has 1 heterocycles. The van der Waals surface area contributed by atoms with Gasteiger partial charge in [-0.2, -0.15) is 0 Å². The van der Waals surface area contributed by atoms with E-state index in [0.717, 1.165) is 14.3 Å². The van der Waals surface area contributed by atoms with Gasteiger partial charge in [0.05, 0.1) is 18.0 Å². The minimum Gasteiger partial charge on any atom is -0.496 e. The first kappa shape index (κ1) is 12.3. The van der Waals surface area contributed by atoms with E-state index in [2.05, 4.69) is 36.8 Å². The van der Waals surface area contributed by atoms with Crippen LogP contribution in [0.15, 0.2) is 27.1 Å². The number of nitrogens with zero attached hydrogens (tertiary/aromatic N) is 1. The van der Waals surface area contributed by atoms with Gasteiger partial charge in [-0.05, 0) is 44.0 Å². The number of hydrogen-bond acceptors (Lipinski definition) is 3. The fourth-order valence-corrected chi connectivity index (χ4v) is 2.44. The van der Waals surface area contributed by atoms with E-state index in [1.165, 1.54) is 13.2 Å². The summed E-state index contributed by atoms with van der Waals surface area (Å²) < 4.78 is 6.72. The molecular weight excluding hydrogens is 354 g/mol. The molecule has 0 radical (unpaired) electrons. The van der Waals surface area contributed by atoms with Crippen molar-refractivity contribution in [3.63, 3.8) is 0 Å². The smallest absolute Gasteiger partial charge is 0.354 e. The van der Waals surface area contributed by atoms with Crippen molar-refractivity contribution in [2.45, 2.75) is 0 Å². The lowest BCUT2D eigenvalue weighted by Gasteiger charge is -2.09. The van der Waals surface area contributed by atoms with Gasteiger partial charge in [0.25, 0.3) is 0 Å². The quantitative estimate of drug-likeness (QED) is 0.890. The highest BCUT2D eigenvalue weighted by molar-refractivity contribution is 9.11.